The van der Waals surface area contributed by atoms with Crippen LogP contribution in [0.4, 0.5) is 0 Å². The lowest BCUT2D eigenvalue weighted by molar-refractivity contribution is 0.0104. The van der Waals surface area contributed by atoms with E-state index in [0.717, 1.165) is 6.42 Å². The summed E-state index contributed by atoms with van der Waals surface area (Å²) in [6.45, 7) is 2.25. The molecular formula is C15H21IO. The third kappa shape index (κ3) is 3.44. The standard InChI is InChI=1S/C15H21IO/c1-15(9-3-2-4-10-15)14(17)11-12-5-7-13(16)8-6-12/h5-8,14,17H,2-4,9-11H2,1H3. The number of aliphatic hydroxyl groups excluding tert-OH is 1. The first-order valence-corrected chi connectivity index (χ1v) is 7.60. The molecule has 0 heterocycles. The quantitative estimate of drug-likeness (QED) is 0.817. The van der Waals surface area contributed by atoms with Gasteiger partial charge in [-0.2, -0.15) is 0 Å². The van der Waals surface area contributed by atoms with Crippen LogP contribution in [0.25, 0.3) is 0 Å². The highest BCUT2D eigenvalue weighted by Crippen LogP contribution is 2.39. The molecule has 94 valence electrons. The molecule has 0 bridgehead atoms. The maximum absolute atomic E-state index is 10.5. The summed E-state index contributed by atoms with van der Waals surface area (Å²) < 4.78 is 1.25. The largest absolute Gasteiger partial charge is 0.392 e. The van der Waals surface area contributed by atoms with Crippen LogP contribution in [0.5, 0.6) is 0 Å². The Morgan fingerprint density at radius 2 is 1.76 bits per heavy atom. The van der Waals surface area contributed by atoms with Gasteiger partial charge in [-0.15, -0.1) is 0 Å². The van der Waals surface area contributed by atoms with Crippen molar-refractivity contribution in [3.63, 3.8) is 0 Å². The molecule has 0 saturated heterocycles. The van der Waals surface area contributed by atoms with E-state index < -0.39 is 0 Å². The fraction of sp³-hybridized carbons (Fsp3) is 0.600. The monoisotopic (exact) mass is 344 g/mol. The molecule has 1 atom stereocenters. The Morgan fingerprint density at radius 3 is 2.35 bits per heavy atom. The van der Waals surface area contributed by atoms with Crippen LogP contribution in [0.1, 0.15) is 44.6 Å². The van der Waals surface area contributed by atoms with Crippen LogP contribution in [-0.4, -0.2) is 11.2 Å². The van der Waals surface area contributed by atoms with E-state index in [4.69, 9.17) is 0 Å². The first kappa shape index (κ1) is 13.3. The fourth-order valence-corrected chi connectivity index (χ4v) is 3.14. The Bertz CT molecular complexity index is 352. The van der Waals surface area contributed by atoms with Crippen LogP contribution in [0.2, 0.25) is 0 Å². The highest BCUT2D eigenvalue weighted by atomic mass is 127. The van der Waals surface area contributed by atoms with Gasteiger partial charge in [-0.25, -0.2) is 0 Å². The Labute approximate surface area is 118 Å². The molecule has 1 aromatic rings. The topological polar surface area (TPSA) is 20.2 Å². The highest BCUT2D eigenvalue weighted by Gasteiger charge is 2.34. The van der Waals surface area contributed by atoms with E-state index in [1.54, 1.807) is 0 Å². The van der Waals surface area contributed by atoms with Crippen molar-refractivity contribution in [3.8, 4) is 0 Å². The van der Waals surface area contributed by atoms with Gasteiger partial charge in [0.2, 0.25) is 0 Å². The summed E-state index contributed by atoms with van der Waals surface area (Å²) in [6.07, 6.45) is 6.86. The van der Waals surface area contributed by atoms with Crippen LogP contribution in [-0.2, 0) is 6.42 Å². The van der Waals surface area contributed by atoms with Crippen molar-refractivity contribution in [1.29, 1.82) is 0 Å². The molecule has 2 heteroatoms. The summed E-state index contributed by atoms with van der Waals surface area (Å²) >= 11 is 2.31. The predicted octanol–water partition coefficient (Wildman–Crippen LogP) is 4.17. The predicted molar refractivity (Wildman–Crippen MR) is 80.1 cm³/mol. The number of benzene rings is 1. The van der Waals surface area contributed by atoms with E-state index in [9.17, 15) is 5.11 Å². The molecule has 1 unspecified atom stereocenters. The molecule has 1 fully saturated rings. The lowest BCUT2D eigenvalue weighted by Gasteiger charge is -2.38. The number of aliphatic hydroxyl groups is 1. The number of rotatable bonds is 3. The summed E-state index contributed by atoms with van der Waals surface area (Å²) in [5, 5.41) is 10.5. The molecule has 0 amide bonds. The van der Waals surface area contributed by atoms with Gasteiger partial charge in [0.25, 0.3) is 0 Å². The summed E-state index contributed by atoms with van der Waals surface area (Å²) in [4.78, 5) is 0. The number of hydrogen-bond acceptors (Lipinski definition) is 1. The Balaban J connectivity index is 2.00. The van der Waals surface area contributed by atoms with E-state index >= 15 is 0 Å². The minimum atomic E-state index is -0.192. The van der Waals surface area contributed by atoms with Crippen molar-refractivity contribution >= 4 is 22.6 Å². The van der Waals surface area contributed by atoms with Crippen molar-refractivity contribution in [2.45, 2.75) is 51.6 Å². The molecule has 1 aromatic carbocycles. The van der Waals surface area contributed by atoms with E-state index in [-0.39, 0.29) is 11.5 Å². The zero-order chi connectivity index (χ0) is 12.3. The van der Waals surface area contributed by atoms with E-state index in [0.29, 0.717) is 0 Å². The van der Waals surface area contributed by atoms with Crippen LogP contribution >= 0.6 is 22.6 Å². The number of halogens is 1. The molecular weight excluding hydrogens is 323 g/mol. The van der Waals surface area contributed by atoms with Gasteiger partial charge in [-0.05, 0) is 65.0 Å². The van der Waals surface area contributed by atoms with Gasteiger partial charge >= 0.3 is 0 Å². The SMILES string of the molecule is CC1(C(O)Cc2ccc(I)cc2)CCCCC1. The van der Waals surface area contributed by atoms with Gasteiger partial charge in [0.1, 0.15) is 0 Å². The summed E-state index contributed by atoms with van der Waals surface area (Å²) in [5.41, 5.74) is 1.39. The average molecular weight is 344 g/mol. The first-order valence-electron chi connectivity index (χ1n) is 6.53. The van der Waals surface area contributed by atoms with Gasteiger partial charge in [0.15, 0.2) is 0 Å². The van der Waals surface area contributed by atoms with Gasteiger partial charge < -0.3 is 5.11 Å². The molecule has 0 aromatic heterocycles. The summed E-state index contributed by atoms with van der Waals surface area (Å²) in [6, 6.07) is 8.51. The maximum atomic E-state index is 10.5. The number of hydrogen-bond donors (Lipinski definition) is 1. The van der Waals surface area contributed by atoms with Gasteiger partial charge in [-0.3, -0.25) is 0 Å². The third-order valence-corrected chi connectivity index (χ3v) is 4.86. The lowest BCUT2D eigenvalue weighted by atomic mass is 9.70. The normalized spacial score (nSPS) is 21.1. The molecule has 1 aliphatic rings. The highest BCUT2D eigenvalue weighted by molar-refractivity contribution is 14.1. The van der Waals surface area contributed by atoms with Crippen LogP contribution in [0.3, 0.4) is 0 Å². The Kier molecular flexibility index (Phi) is 4.47. The molecule has 0 radical (unpaired) electrons. The van der Waals surface area contributed by atoms with Crippen molar-refractivity contribution in [1.82, 2.24) is 0 Å². The van der Waals surface area contributed by atoms with E-state index in [2.05, 4.69) is 53.8 Å². The van der Waals surface area contributed by atoms with Gasteiger partial charge in [0.05, 0.1) is 6.10 Å². The summed E-state index contributed by atoms with van der Waals surface area (Å²) in [7, 11) is 0. The summed E-state index contributed by atoms with van der Waals surface area (Å²) in [5.74, 6) is 0. The Hall–Kier alpha value is -0.0900. The minimum Gasteiger partial charge on any atom is -0.392 e. The van der Waals surface area contributed by atoms with Gasteiger partial charge in [-0.1, -0.05) is 38.3 Å². The second kappa shape index (κ2) is 5.70. The molecule has 1 saturated carbocycles. The molecule has 2 rings (SSSR count). The first-order chi connectivity index (χ1) is 8.10. The zero-order valence-electron chi connectivity index (χ0n) is 10.5. The van der Waals surface area contributed by atoms with Crippen LogP contribution < -0.4 is 0 Å². The molecule has 0 aliphatic heterocycles. The fourth-order valence-electron chi connectivity index (χ4n) is 2.78. The second-order valence-electron chi connectivity index (χ2n) is 5.56. The van der Waals surface area contributed by atoms with Crippen molar-refractivity contribution in [3.05, 3.63) is 33.4 Å². The van der Waals surface area contributed by atoms with Gasteiger partial charge in [0, 0.05) is 3.57 Å². The van der Waals surface area contributed by atoms with Crippen molar-refractivity contribution in [2.75, 3.05) is 0 Å². The molecule has 1 nitrogen and oxygen atoms in total. The zero-order valence-corrected chi connectivity index (χ0v) is 12.6. The average Bonchev–Trinajstić information content (AvgIpc) is 2.33. The third-order valence-electron chi connectivity index (χ3n) is 4.14. The molecule has 1 aliphatic carbocycles. The molecule has 17 heavy (non-hydrogen) atoms. The minimum absolute atomic E-state index is 0.140. The Morgan fingerprint density at radius 1 is 1.18 bits per heavy atom. The van der Waals surface area contributed by atoms with E-state index in [1.807, 2.05) is 0 Å². The van der Waals surface area contributed by atoms with Crippen LogP contribution in [0.15, 0.2) is 24.3 Å². The van der Waals surface area contributed by atoms with E-state index in [1.165, 1.54) is 41.2 Å². The second-order valence-corrected chi connectivity index (χ2v) is 6.81. The smallest absolute Gasteiger partial charge is 0.0634 e. The van der Waals surface area contributed by atoms with Crippen molar-refractivity contribution in [2.24, 2.45) is 5.41 Å². The maximum Gasteiger partial charge on any atom is 0.0634 e. The van der Waals surface area contributed by atoms with Crippen LogP contribution in [0, 0.1) is 8.99 Å². The molecule has 1 N–H and O–H groups in total. The van der Waals surface area contributed by atoms with Crippen molar-refractivity contribution < 1.29 is 5.11 Å². The lowest BCUT2D eigenvalue weighted by Crippen LogP contribution is -2.35. The molecule has 0 spiro atoms.